The van der Waals surface area contributed by atoms with Gasteiger partial charge in [-0.2, -0.15) is 0 Å². The van der Waals surface area contributed by atoms with Gasteiger partial charge in [-0.05, 0) is 24.3 Å². The third-order valence-electron chi connectivity index (χ3n) is 2.87. The average Bonchev–Trinajstić information content (AvgIpc) is 3.06. The lowest BCUT2D eigenvalue weighted by molar-refractivity contribution is 0.0602. The van der Waals surface area contributed by atoms with E-state index in [-0.39, 0.29) is 5.97 Å². The van der Waals surface area contributed by atoms with Crippen molar-refractivity contribution in [1.29, 1.82) is 0 Å². The van der Waals surface area contributed by atoms with Gasteiger partial charge in [-0.3, -0.25) is 0 Å². The van der Waals surface area contributed by atoms with Crippen molar-refractivity contribution in [1.82, 2.24) is 9.38 Å². The van der Waals surface area contributed by atoms with Crippen LogP contribution < -0.4 is 0 Å². The molecule has 0 aliphatic carbocycles. The van der Waals surface area contributed by atoms with Crippen LogP contribution in [0.1, 0.15) is 21.8 Å². The van der Waals surface area contributed by atoms with E-state index in [0.29, 0.717) is 17.6 Å². The molecule has 0 amide bonds. The van der Waals surface area contributed by atoms with E-state index in [1.54, 1.807) is 18.4 Å². The molecular formula is C14H12N2O3. The number of hydrogen-bond donors (Lipinski definition) is 0. The van der Waals surface area contributed by atoms with Crippen LogP contribution in [0.3, 0.4) is 0 Å². The summed E-state index contributed by atoms with van der Waals surface area (Å²) in [5.41, 5.74) is 1.89. The summed E-state index contributed by atoms with van der Waals surface area (Å²) in [4.78, 5) is 16.1. The fourth-order valence-electron chi connectivity index (χ4n) is 2.01. The van der Waals surface area contributed by atoms with Crippen molar-refractivity contribution >= 4 is 11.6 Å². The van der Waals surface area contributed by atoms with Gasteiger partial charge in [0.25, 0.3) is 0 Å². The molecule has 0 N–H and O–H groups in total. The van der Waals surface area contributed by atoms with Gasteiger partial charge in [0.05, 0.1) is 19.1 Å². The minimum absolute atomic E-state index is 0.388. The first kappa shape index (κ1) is 11.5. The molecule has 0 bridgehead atoms. The molecule has 3 rings (SSSR count). The number of fused-ring (bicyclic) bond motifs is 1. The third-order valence-corrected chi connectivity index (χ3v) is 2.87. The summed E-state index contributed by atoms with van der Waals surface area (Å²) in [5, 5.41) is 0. The van der Waals surface area contributed by atoms with Crippen LogP contribution in [0.4, 0.5) is 0 Å². The average molecular weight is 256 g/mol. The number of carbonyl (C=O) groups is 1. The number of hydrogen-bond acceptors (Lipinski definition) is 4. The Kier molecular flexibility index (Phi) is 2.79. The maximum atomic E-state index is 11.7. The summed E-state index contributed by atoms with van der Waals surface area (Å²) in [7, 11) is 1.36. The highest BCUT2D eigenvalue weighted by molar-refractivity contribution is 5.95. The topological polar surface area (TPSA) is 56.7 Å². The molecule has 19 heavy (non-hydrogen) atoms. The maximum Gasteiger partial charge on any atom is 0.341 e. The second kappa shape index (κ2) is 4.61. The van der Waals surface area contributed by atoms with Crippen molar-refractivity contribution in [3.63, 3.8) is 0 Å². The van der Waals surface area contributed by atoms with E-state index >= 15 is 0 Å². The number of pyridine rings is 1. The van der Waals surface area contributed by atoms with Gasteiger partial charge in [0.15, 0.2) is 5.65 Å². The molecule has 0 radical (unpaired) electrons. The maximum absolute atomic E-state index is 11.7. The molecule has 3 aromatic rings. The molecule has 5 nitrogen and oxygen atoms in total. The highest BCUT2D eigenvalue weighted by Gasteiger charge is 2.13. The molecule has 3 heterocycles. The van der Waals surface area contributed by atoms with Crippen LogP contribution in [-0.4, -0.2) is 22.5 Å². The highest BCUT2D eigenvalue weighted by Crippen LogP contribution is 2.15. The van der Waals surface area contributed by atoms with E-state index < -0.39 is 0 Å². The molecule has 0 aromatic carbocycles. The van der Waals surface area contributed by atoms with E-state index in [9.17, 15) is 4.79 Å². The third kappa shape index (κ3) is 2.10. The first-order valence-electron chi connectivity index (χ1n) is 5.85. The predicted octanol–water partition coefficient (Wildman–Crippen LogP) is 2.30. The minimum atomic E-state index is -0.388. The Balaban J connectivity index is 2.03. The monoisotopic (exact) mass is 256 g/mol. The van der Waals surface area contributed by atoms with Crippen LogP contribution in [0.2, 0.25) is 0 Å². The number of furan rings is 1. The fraction of sp³-hybridized carbons (Fsp3) is 0.143. The van der Waals surface area contributed by atoms with E-state index in [1.165, 1.54) is 7.11 Å². The molecule has 0 unspecified atom stereocenters. The van der Waals surface area contributed by atoms with E-state index in [2.05, 4.69) is 4.98 Å². The van der Waals surface area contributed by atoms with Gasteiger partial charge >= 0.3 is 5.97 Å². The van der Waals surface area contributed by atoms with Crippen LogP contribution in [-0.2, 0) is 11.2 Å². The number of esters is 1. The van der Waals surface area contributed by atoms with Crippen LogP contribution in [0.25, 0.3) is 5.65 Å². The summed E-state index contributed by atoms with van der Waals surface area (Å²) in [6.45, 7) is 0. The van der Waals surface area contributed by atoms with E-state index in [1.807, 2.05) is 28.9 Å². The summed E-state index contributed by atoms with van der Waals surface area (Å²) >= 11 is 0. The predicted molar refractivity (Wildman–Crippen MR) is 68.0 cm³/mol. The highest BCUT2D eigenvalue weighted by atomic mass is 16.5. The molecule has 96 valence electrons. The summed E-state index contributed by atoms with van der Waals surface area (Å²) in [6.07, 6.45) is 5.95. The number of nitrogens with zero attached hydrogens (tertiary/aromatic N) is 2. The second-order valence-electron chi connectivity index (χ2n) is 4.13. The van der Waals surface area contributed by atoms with Gasteiger partial charge < -0.3 is 13.6 Å². The summed E-state index contributed by atoms with van der Waals surface area (Å²) in [6, 6.07) is 7.22. The van der Waals surface area contributed by atoms with Crippen molar-refractivity contribution < 1.29 is 13.9 Å². The Bertz CT molecular complexity index is 713. The van der Waals surface area contributed by atoms with Crippen molar-refractivity contribution in [2.75, 3.05) is 7.11 Å². The zero-order valence-electron chi connectivity index (χ0n) is 10.4. The Hall–Kier alpha value is -2.56. The van der Waals surface area contributed by atoms with Gasteiger partial charge in [-0.25, -0.2) is 9.78 Å². The van der Waals surface area contributed by atoms with E-state index in [0.717, 1.165) is 11.5 Å². The number of methoxy groups -OCH3 is 1. The molecule has 0 saturated heterocycles. The van der Waals surface area contributed by atoms with Crippen molar-refractivity contribution in [3.8, 4) is 0 Å². The molecule has 0 spiro atoms. The van der Waals surface area contributed by atoms with Crippen molar-refractivity contribution in [2.45, 2.75) is 6.42 Å². The van der Waals surface area contributed by atoms with Crippen LogP contribution in [0.15, 0.2) is 47.3 Å². The smallest absolute Gasteiger partial charge is 0.341 e. The number of imidazole rings is 1. The lowest BCUT2D eigenvalue weighted by Crippen LogP contribution is -2.03. The number of carbonyl (C=O) groups excluding carboxylic acids is 1. The lowest BCUT2D eigenvalue weighted by Gasteiger charge is -2.00. The zero-order chi connectivity index (χ0) is 13.2. The van der Waals surface area contributed by atoms with E-state index in [4.69, 9.17) is 9.15 Å². The second-order valence-corrected chi connectivity index (χ2v) is 4.13. The molecule has 0 aliphatic rings. The van der Waals surface area contributed by atoms with Crippen LogP contribution in [0.5, 0.6) is 0 Å². The first-order chi connectivity index (χ1) is 9.28. The Morgan fingerprint density at radius 3 is 3.05 bits per heavy atom. The van der Waals surface area contributed by atoms with Crippen molar-refractivity contribution in [3.05, 3.63) is 59.9 Å². The molecular weight excluding hydrogens is 244 g/mol. The molecule has 0 atom stereocenters. The van der Waals surface area contributed by atoms with Gasteiger partial charge in [0.2, 0.25) is 0 Å². The molecule has 0 aliphatic heterocycles. The minimum Gasteiger partial charge on any atom is -0.469 e. The van der Waals surface area contributed by atoms with Gasteiger partial charge in [-0.15, -0.1) is 0 Å². The SMILES string of the molecule is COC(=O)c1cccn2cc(Cc3ccco3)nc12. The van der Waals surface area contributed by atoms with Gasteiger partial charge in [-0.1, -0.05) is 0 Å². The molecule has 5 heteroatoms. The van der Waals surface area contributed by atoms with Gasteiger partial charge in [0, 0.05) is 18.8 Å². The van der Waals surface area contributed by atoms with Crippen molar-refractivity contribution in [2.24, 2.45) is 0 Å². The summed E-state index contributed by atoms with van der Waals surface area (Å²) in [5.74, 6) is 0.448. The van der Waals surface area contributed by atoms with Crippen LogP contribution in [0, 0.1) is 0 Å². The molecule has 0 saturated carbocycles. The number of rotatable bonds is 3. The largest absolute Gasteiger partial charge is 0.469 e. The molecule has 3 aromatic heterocycles. The fourth-order valence-corrected chi connectivity index (χ4v) is 2.01. The normalized spacial score (nSPS) is 10.8. The first-order valence-corrected chi connectivity index (χ1v) is 5.85. The quantitative estimate of drug-likeness (QED) is 0.675. The van der Waals surface area contributed by atoms with Gasteiger partial charge in [0.1, 0.15) is 11.3 Å². The number of ether oxygens (including phenoxy) is 1. The Labute approximate surface area is 109 Å². The Morgan fingerprint density at radius 1 is 1.42 bits per heavy atom. The lowest BCUT2D eigenvalue weighted by atomic mass is 10.2. The number of aromatic nitrogens is 2. The zero-order valence-corrected chi connectivity index (χ0v) is 10.4. The van der Waals surface area contributed by atoms with Crippen LogP contribution >= 0.6 is 0 Å². The Morgan fingerprint density at radius 2 is 2.32 bits per heavy atom. The molecule has 0 fully saturated rings. The summed E-state index contributed by atoms with van der Waals surface area (Å²) < 4.78 is 11.9. The standard InChI is InChI=1S/C14H12N2O3/c1-18-14(17)12-5-2-6-16-9-10(15-13(12)16)8-11-4-3-7-19-11/h2-7,9H,8H2,1H3.